The fourth-order valence-electron chi connectivity index (χ4n) is 3.50. The van der Waals surface area contributed by atoms with Gasteiger partial charge < -0.3 is 15.0 Å². The molecule has 1 unspecified atom stereocenters. The van der Waals surface area contributed by atoms with Gasteiger partial charge in [-0.1, -0.05) is 30.3 Å². The van der Waals surface area contributed by atoms with Crippen molar-refractivity contribution in [3.05, 3.63) is 66.4 Å². The SMILES string of the molecule is O=C(COc1ccc2ccccc2c1)NC1CCN(c2ccc(C(F)(F)F)cn2)C1. The maximum atomic E-state index is 12.7. The van der Waals surface area contributed by atoms with E-state index in [1.807, 2.05) is 47.4 Å². The monoisotopic (exact) mass is 415 g/mol. The van der Waals surface area contributed by atoms with Gasteiger partial charge in [-0.05, 0) is 41.5 Å². The largest absolute Gasteiger partial charge is 0.484 e. The lowest BCUT2D eigenvalue weighted by molar-refractivity contribution is -0.137. The average Bonchev–Trinajstić information content (AvgIpc) is 3.20. The molecular weight excluding hydrogens is 395 g/mol. The van der Waals surface area contributed by atoms with E-state index in [9.17, 15) is 18.0 Å². The first-order chi connectivity index (χ1) is 14.4. The summed E-state index contributed by atoms with van der Waals surface area (Å²) in [6.45, 7) is 0.988. The molecule has 0 aliphatic carbocycles. The number of hydrogen-bond donors (Lipinski definition) is 1. The number of alkyl halides is 3. The maximum absolute atomic E-state index is 12.7. The number of aromatic nitrogens is 1. The van der Waals surface area contributed by atoms with Gasteiger partial charge in [0.2, 0.25) is 0 Å². The van der Waals surface area contributed by atoms with Gasteiger partial charge in [-0.25, -0.2) is 4.98 Å². The van der Waals surface area contributed by atoms with Crippen molar-refractivity contribution in [2.75, 3.05) is 24.6 Å². The molecular formula is C22H20F3N3O2. The van der Waals surface area contributed by atoms with Crippen molar-refractivity contribution in [1.82, 2.24) is 10.3 Å². The third kappa shape index (κ3) is 4.64. The quantitative estimate of drug-likeness (QED) is 0.684. The number of nitrogens with one attached hydrogen (secondary N) is 1. The highest BCUT2D eigenvalue weighted by Gasteiger charge is 2.31. The fourth-order valence-corrected chi connectivity index (χ4v) is 3.50. The number of halogens is 3. The molecule has 156 valence electrons. The van der Waals surface area contributed by atoms with E-state index in [4.69, 9.17) is 4.74 Å². The highest BCUT2D eigenvalue weighted by Crippen LogP contribution is 2.30. The minimum absolute atomic E-state index is 0.104. The molecule has 2 aromatic carbocycles. The molecule has 1 atom stereocenters. The van der Waals surface area contributed by atoms with E-state index in [2.05, 4.69) is 10.3 Å². The van der Waals surface area contributed by atoms with Gasteiger partial charge in [-0.3, -0.25) is 4.79 Å². The second-order valence-corrected chi connectivity index (χ2v) is 7.20. The lowest BCUT2D eigenvalue weighted by Crippen LogP contribution is -2.39. The first kappa shape index (κ1) is 20.0. The number of carbonyl (C=O) groups excluding carboxylic acids is 1. The van der Waals surface area contributed by atoms with E-state index >= 15 is 0 Å². The molecule has 1 aliphatic rings. The van der Waals surface area contributed by atoms with Gasteiger partial charge in [0, 0.05) is 25.3 Å². The molecule has 0 saturated carbocycles. The zero-order valence-corrected chi connectivity index (χ0v) is 16.0. The summed E-state index contributed by atoms with van der Waals surface area (Å²) in [6, 6.07) is 15.8. The Kier molecular flexibility index (Phi) is 5.48. The number of amides is 1. The van der Waals surface area contributed by atoms with Crippen molar-refractivity contribution in [3.8, 4) is 5.75 Å². The lowest BCUT2D eigenvalue weighted by Gasteiger charge is -2.18. The topological polar surface area (TPSA) is 54.5 Å². The van der Waals surface area contributed by atoms with Crippen LogP contribution in [0.25, 0.3) is 10.8 Å². The highest BCUT2D eigenvalue weighted by atomic mass is 19.4. The number of benzene rings is 2. The number of rotatable bonds is 5. The molecule has 1 aliphatic heterocycles. The molecule has 0 radical (unpaired) electrons. The Morgan fingerprint density at radius 2 is 1.93 bits per heavy atom. The Balaban J connectivity index is 1.28. The number of ether oxygens (including phenoxy) is 1. The smallest absolute Gasteiger partial charge is 0.417 e. The van der Waals surface area contributed by atoms with Crippen molar-refractivity contribution in [3.63, 3.8) is 0 Å². The Bertz CT molecular complexity index is 1040. The Labute approximate surface area is 171 Å². The third-order valence-corrected chi connectivity index (χ3v) is 5.04. The van der Waals surface area contributed by atoms with E-state index in [0.717, 1.165) is 23.0 Å². The zero-order valence-electron chi connectivity index (χ0n) is 16.0. The van der Waals surface area contributed by atoms with Gasteiger partial charge in [-0.2, -0.15) is 13.2 Å². The molecule has 30 heavy (non-hydrogen) atoms. The maximum Gasteiger partial charge on any atom is 0.417 e. The van der Waals surface area contributed by atoms with E-state index in [0.29, 0.717) is 31.1 Å². The summed E-state index contributed by atoms with van der Waals surface area (Å²) < 4.78 is 43.6. The molecule has 2 heterocycles. The zero-order chi connectivity index (χ0) is 21.1. The van der Waals surface area contributed by atoms with Crippen LogP contribution in [-0.4, -0.2) is 36.6 Å². The summed E-state index contributed by atoms with van der Waals surface area (Å²) in [5.41, 5.74) is -0.777. The number of carbonyl (C=O) groups is 1. The fraction of sp³-hybridized carbons (Fsp3) is 0.273. The summed E-state index contributed by atoms with van der Waals surface area (Å²) in [6.07, 6.45) is -2.89. The summed E-state index contributed by atoms with van der Waals surface area (Å²) in [7, 11) is 0. The molecule has 8 heteroatoms. The Morgan fingerprint density at radius 3 is 2.67 bits per heavy atom. The minimum Gasteiger partial charge on any atom is -0.484 e. The number of nitrogens with zero attached hydrogens (tertiary/aromatic N) is 2. The molecule has 1 amide bonds. The van der Waals surface area contributed by atoms with Crippen molar-refractivity contribution in [2.24, 2.45) is 0 Å². The first-order valence-corrected chi connectivity index (χ1v) is 9.58. The van der Waals surface area contributed by atoms with Gasteiger partial charge in [0.25, 0.3) is 5.91 Å². The normalized spacial score (nSPS) is 16.6. The molecule has 0 bridgehead atoms. The standard InChI is InChI=1S/C22H20F3N3O2/c23-22(24,25)17-6-8-20(26-12-17)28-10-9-18(13-28)27-21(29)14-30-19-7-5-15-3-1-2-4-16(15)11-19/h1-8,11-12,18H,9-10,13-14H2,(H,27,29). The molecule has 3 aromatic rings. The van der Waals surface area contributed by atoms with Crippen molar-refractivity contribution >= 4 is 22.5 Å². The molecule has 1 saturated heterocycles. The van der Waals surface area contributed by atoms with Gasteiger partial charge in [0.05, 0.1) is 5.56 Å². The Morgan fingerprint density at radius 1 is 1.13 bits per heavy atom. The summed E-state index contributed by atoms with van der Waals surface area (Å²) in [5, 5.41) is 5.04. The number of anilines is 1. The minimum atomic E-state index is -4.40. The number of pyridine rings is 1. The third-order valence-electron chi connectivity index (χ3n) is 5.04. The van der Waals surface area contributed by atoms with Gasteiger partial charge in [0.1, 0.15) is 11.6 Å². The molecule has 1 fully saturated rings. The van der Waals surface area contributed by atoms with Crippen LogP contribution in [0.3, 0.4) is 0 Å². The van der Waals surface area contributed by atoms with Crippen LogP contribution < -0.4 is 15.0 Å². The van der Waals surface area contributed by atoms with Crippen LogP contribution in [-0.2, 0) is 11.0 Å². The van der Waals surface area contributed by atoms with Crippen LogP contribution in [0.1, 0.15) is 12.0 Å². The molecule has 5 nitrogen and oxygen atoms in total. The average molecular weight is 415 g/mol. The number of fused-ring (bicyclic) bond motifs is 1. The molecule has 1 aromatic heterocycles. The predicted molar refractivity (Wildman–Crippen MR) is 107 cm³/mol. The van der Waals surface area contributed by atoms with E-state index in [-0.39, 0.29) is 18.6 Å². The summed E-state index contributed by atoms with van der Waals surface area (Å²) in [4.78, 5) is 18.0. The van der Waals surface area contributed by atoms with E-state index < -0.39 is 11.7 Å². The molecule has 4 rings (SSSR count). The molecule has 1 N–H and O–H groups in total. The number of hydrogen-bond acceptors (Lipinski definition) is 4. The second-order valence-electron chi connectivity index (χ2n) is 7.20. The van der Waals surface area contributed by atoms with Gasteiger partial charge in [0.15, 0.2) is 6.61 Å². The Hall–Kier alpha value is -3.29. The first-order valence-electron chi connectivity index (χ1n) is 9.58. The lowest BCUT2D eigenvalue weighted by atomic mass is 10.1. The van der Waals surface area contributed by atoms with Crippen LogP contribution >= 0.6 is 0 Å². The molecule has 0 spiro atoms. The van der Waals surface area contributed by atoms with Gasteiger partial charge >= 0.3 is 6.18 Å². The predicted octanol–water partition coefficient (Wildman–Crippen LogP) is 4.03. The summed E-state index contributed by atoms with van der Waals surface area (Å²) in [5.74, 6) is 0.841. The van der Waals surface area contributed by atoms with Gasteiger partial charge in [-0.15, -0.1) is 0 Å². The summed E-state index contributed by atoms with van der Waals surface area (Å²) >= 11 is 0. The van der Waals surface area contributed by atoms with Crippen LogP contribution in [0.2, 0.25) is 0 Å². The van der Waals surface area contributed by atoms with Crippen molar-refractivity contribution in [1.29, 1.82) is 0 Å². The highest BCUT2D eigenvalue weighted by molar-refractivity contribution is 5.84. The van der Waals surface area contributed by atoms with E-state index in [1.54, 1.807) is 0 Å². The van der Waals surface area contributed by atoms with Crippen LogP contribution in [0.15, 0.2) is 60.8 Å². The van der Waals surface area contributed by atoms with Crippen molar-refractivity contribution in [2.45, 2.75) is 18.6 Å². The van der Waals surface area contributed by atoms with Crippen LogP contribution in [0.5, 0.6) is 5.75 Å². The second kappa shape index (κ2) is 8.22. The van der Waals surface area contributed by atoms with E-state index in [1.165, 1.54) is 6.07 Å². The van der Waals surface area contributed by atoms with Crippen molar-refractivity contribution < 1.29 is 22.7 Å². The van der Waals surface area contributed by atoms with Crippen LogP contribution in [0.4, 0.5) is 19.0 Å². The van der Waals surface area contributed by atoms with Crippen LogP contribution in [0, 0.1) is 0 Å².